The molecule has 2 rings (SSSR count). The first-order valence-corrected chi connectivity index (χ1v) is 7.90. The van der Waals surface area contributed by atoms with Gasteiger partial charge in [-0.1, -0.05) is 12.5 Å². The number of likely N-dealkylation sites (tertiary alicyclic amines) is 1. The van der Waals surface area contributed by atoms with Crippen LogP contribution in [0.4, 0.5) is 8.78 Å². The average molecular weight is 296 g/mol. The summed E-state index contributed by atoms with van der Waals surface area (Å²) >= 11 is 0. The highest BCUT2D eigenvalue weighted by molar-refractivity contribution is 5.23. The van der Waals surface area contributed by atoms with Crippen molar-refractivity contribution in [1.82, 2.24) is 10.2 Å². The van der Waals surface area contributed by atoms with Gasteiger partial charge in [0.2, 0.25) is 0 Å². The molecule has 4 heteroatoms. The molecule has 2 atom stereocenters. The summed E-state index contributed by atoms with van der Waals surface area (Å²) in [6.07, 6.45) is 3.47. The van der Waals surface area contributed by atoms with Gasteiger partial charge in [-0.25, -0.2) is 8.78 Å². The van der Waals surface area contributed by atoms with Crippen molar-refractivity contribution < 1.29 is 8.78 Å². The lowest BCUT2D eigenvalue weighted by Gasteiger charge is -2.38. The Morgan fingerprint density at radius 2 is 2.00 bits per heavy atom. The fourth-order valence-corrected chi connectivity index (χ4v) is 3.48. The lowest BCUT2D eigenvalue weighted by molar-refractivity contribution is 0.118. The largest absolute Gasteiger partial charge is 0.319 e. The lowest BCUT2D eigenvalue weighted by Crippen LogP contribution is -2.40. The van der Waals surface area contributed by atoms with Crippen molar-refractivity contribution in [3.8, 4) is 0 Å². The Labute approximate surface area is 126 Å². The second kappa shape index (κ2) is 7.32. The molecule has 1 heterocycles. The summed E-state index contributed by atoms with van der Waals surface area (Å²) in [5, 5.41) is 3.26. The lowest BCUT2D eigenvalue weighted by atomic mass is 9.88. The number of nitrogens with zero attached hydrogens (tertiary/aromatic N) is 1. The van der Waals surface area contributed by atoms with Crippen molar-refractivity contribution in [3.05, 3.63) is 35.4 Å². The van der Waals surface area contributed by atoms with Gasteiger partial charge in [0.25, 0.3) is 0 Å². The number of rotatable bonds is 4. The third kappa shape index (κ3) is 3.80. The molecule has 2 nitrogen and oxygen atoms in total. The van der Waals surface area contributed by atoms with Crippen LogP contribution in [0.5, 0.6) is 0 Å². The van der Waals surface area contributed by atoms with E-state index in [0.717, 1.165) is 25.1 Å². The molecule has 0 radical (unpaired) electrons. The Kier molecular flexibility index (Phi) is 5.71. The molecule has 1 N–H and O–H groups in total. The topological polar surface area (TPSA) is 15.3 Å². The van der Waals surface area contributed by atoms with E-state index in [1.807, 2.05) is 7.05 Å². The van der Waals surface area contributed by atoms with Gasteiger partial charge in [0.15, 0.2) is 11.6 Å². The highest BCUT2D eigenvalue weighted by atomic mass is 19.2. The van der Waals surface area contributed by atoms with Crippen LogP contribution in [-0.4, -0.2) is 31.1 Å². The van der Waals surface area contributed by atoms with Gasteiger partial charge in [0, 0.05) is 12.1 Å². The Morgan fingerprint density at radius 3 is 2.62 bits per heavy atom. The number of halogens is 2. The molecule has 1 aromatic carbocycles. The van der Waals surface area contributed by atoms with Gasteiger partial charge in [-0.15, -0.1) is 0 Å². The first kappa shape index (κ1) is 16.4. The maximum atomic E-state index is 13.7. The Bertz CT molecular complexity index is 462. The number of hydrogen-bond donors (Lipinski definition) is 1. The van der Waals surface area contributed by atoms with Gasteiger partial charge in [0.05, 0.1) is 0 Å². The highest BCUT2D eigenvalue weighted by Crippen LogP contribution is 2.36. The smallest absolute Gasteiger partial charge is 0.159 e. The van der Waals surface area contributed by atoms with Crippen molar-refractivity contribution in [2.75, 3.05) is 20.1 Å². The molecule has 2 unspecified atom stereocenters. The van der Waals surface area contributed by atoms with E-state index in [1.54, 1.807) is 6.07 Å². The summed E-state index contributed by atoms with van der Waals surface area (Å²) in [6, 6.07) is 4.91. The Morgan fingerprint density at radius 1 is 1.24 bits per heavy atom. The van der Waals surface area contributed by atoms with E-state index in [4.69, 9.17) is 0 Å². The summed E-state index contributed by atoms with van der Waals surface area (Å²) in [4.78, 5) is 2.43. The van der Waals surface area contributed by atoms with E-state index in [-0.39, 0.29) is 6.04 Å². The predicted molar refractivity (Wildman–Crippen MR) is 82.2 cm³/mol. The SMILES string of the molecule is CNCC1CCCCN(C(C)C)C1c1ccc(F)c(F)c1. The Balaban J connectivity index is 2.39. The van der Waals surface area contributed by atoms with E-state index in [2.05, 4.69) is 24.1 Å². The molecule has 0 amide bonds. The summed E-state index contributed by atoms with van der Waals surface area (Å²) in [5.74, 6) is -1.10. The third-order valence-corrected chi connectivity index (χ3v) is 4.46. The van der Waals surface area contributed by atoms with E-state index in [1.165, 1.54) is 25.0 Å². The van der Waals surface area contributed by atoms with Crippen LogP contribution in [0.2, 0.25) is 0 Å². The zero-order valence-electron chi connectivity index (χ0n) is 13.2. The molecule has 0 spiro atoms. The van der Waals surface area contributed by atoms with E-state index in [9.17, 15) is 8.78 Å². The van der Waals surface area contributed by atoms with Gasteiger partial charge >= 0.3 is 0 Å². The maximum Gasteiger partial charge on any atom is 0.159 e. The van der Waals surface area contributed by atoms with Crippen LogP contribution in [0.25, 0.3) is 0 Å². The second-order valence-corrected chi connectivity index (χ2v) is 6.26. The van der Waals surface area contributed by atoms with E-state index in [0.29, 0.717) is 12.0 Å². The van der Waals surface area contributed by atoms with Crippen LogP contribution in [0.3, 0.4) is 0 Å². The van der Waals surface area contributed by atoms with Gasteiger partial charge < -0.3 is 5.32 Å². The molecular formula is C17H26F2N2. The normalized spacial score (nSPS) is 24.3. The summed E-state index contributed by atoms with van der Waals surface area (Å²) in [6.45, 7) is 6.26. The van der Waals surface area contributed by atoms with Crippen LogP contribution >= 0.6 is 0 Å². The fraction of sp³-hybridized carbons (Fsp3) is 0.647. The number of benzene rings is 1. The minimum Gasteiger partial charge on any atom is -0.319 e. The first-order valence-electron chi connectivity index (χ1n) is 7.90. The van der Waals surface area contributed by atoms with Crippen LogP contribution < -0.4 is 5.32 Å². The van der Waals surface area contributed by atoms with Crippen molar-refractivity contribution in [1.29, 1.82) is 0 Å². The van der Waals surface area contributed by atoms with Gasteiger partial charge in [-0.05, 0) is 70.4 Å². The van der Waals surface area contributed by atoms with Crippen molar-refractivity contribution in [2.45, 2.75) is 45.2 Å². The quantitative estimate of drug-likeness (QED) is 0.910. The fourth-order valence-electron chi connectivity index (χ4n) is 3.48. The van der Waals surface area contributed by atoms with Gasteiger partial charge in [-0.3, -0.25) is 4.90 Å². The molecular weight excluding hydrogens is 270 g/mol. The third-order valence-electron chi connectivity index (χ3n) is 4.46. The summed E-state index contributed by atoms with van der Waals surface area (Å²) in [5.41, 5.74) is 0.893. The molecule has 1 fully saturated rings. The van der Waals surface area contributed by atoms with Crippen molar-refractivity contribution in [3.63, 3.8) is 0 Å². The standard InChI is InChI=1S/C17H26F2N2/c1-12(2)21-9-5-4-6-14(11-20-3)17(21)13-7-8-15(18)16(19)10-13/h7-8,10,12,14,17,20H,4-6,9,11H2,1-3H3. The minimum atomic E-state index is -0.770. The van der Waals surface area contributed by atoms with Crippen LogP contribution in [-0.2, 0) is 0 Å². The van der Waals surface area contributed by atoms with E-state index < -0.39 is 11.6 Å². The summed E-state index contributed by atoms with van der Waals surface area (Å²) in [7, 11) is 1.95. The van der Waals surface area contributed by atoms with Crippen LogP contribution in [0.15, 0.2) is 18.2 Å². The highest BCUT2D eigenvalue weighted by Gasteiger charge is 2.32. The van der Waals surface area contributed by atoms with Crippen molar-refractivity contribution >= 4 is 0 Å². The molecule has 1 aliphatic rings. The van der Waals surface area contributed by atoms with Crippen LogP contribution in [0, 0.1) is 17.6 Å². The molecule has 21 heavy (non-hydrogen) atoms. The van der Waals surface area contributed by atoms with Crippen LogP contribution in [0.1, 0.15) is 44.7 Å². The number of nitrogens with one attached hydrogen (secondary N) is 1. The Hall–Kier alpha value is -1.00. The predicted octanol–water partition coefficient (Wildman–Crippen LogP) is 3.74. The molecule has 1 aromatic rings. The molecule has 0 aromatic heterocycles. The zero-order chi connectivity index (χ0) is 15.4. The molecule has 0 bridgehead atoms. The molecule has 0 saturated carbocycles. The first-order chi connectivity index (χ1) is 10.0. The molecule has 0 aliphatic carbocycles. The second-order valence-electron chi connectivity index (χ2n) is 6.26. The van der Waals surface area contributed by atoms with Crippen molar-refractivity contribution in [2.24, 2.45) is 5.92 Å². The molecule has 118 valence electrons. The van der Waals surface area contributed by atoms with Gasteiger partial charge in [-0.2, -0.15) is 0 Å². The van der Waals surface area contributed by atoms with E-state index >= 15 is 0 Å². The summed E-state index contributed by atoms with van der Waals surface area (Å²) < 4.78 is 26.9. The zero-order valence-corrected chi connectivity index (χ0v) is 13.2. The molecule has 1 aliphatic heterocycles. The molecule has 1 saturated heterocycles. The van der Waals surface area contributed by atoms with Gasteiger partial charge in [0.1, 0.15) is 0 Å². The maximum absolute atomic E-state index is 13.7. The average Bonchev–Trinajstić information content (AvgIpc) is 2.65. The minimum absolute atomic E-state index is 0.148. The number of hydrogen-bond acceptors (Lipinski definition) is 2. The monoisotopic (exact) mass is 296 g/mol.